The average molecular weight is 297 g/mol. The standard InChI is InChI=1S/C12H13BrN2O2/c1-17-10-2-3-11(13)9(6-10)7-15-5-4-14-12(15)8-16/h2-6,16H,7-8H2,1H3. The Morgan fingerprint density at radius 1 is 1.47 bits per heavy atom. The van der Waals surface area contributed by atoms with Gasteiger partial charge in [0.05, 0.1) is 13.7 Å². The van der Waals surface area contributed by atoms with Gasteiger partial charge in [-0.3, -0.25) is 0 Å². The molecule has 0 aliphatic rings. The number of halogens is 1. The SMILES string of the molecule is COc1ccc(Br)c(Cn2ccnc2CO)c1. The first-order chi connectivity index (χ1) is 8.24. The summed E-state index contributed by atoms with van der Waals surface area (Å²) >= 11 is 3.50. The summed E-state index contributed by atoms with van der Waals surface area (Å²) in [6.07, 6.45) is 3.52. The third-order valence-electron chi connectivity index (χ3n) is 2.54. The van der Waals surface area contributed by atoms with Gasteiger partial charge in [0.25, 0.3) is 0 Å². The van der Waals surface area contributed by atoms with E-state index in [9.17, 15) is 0 Å². The molecule has 90 valence electrons. The van der Waals surface area contributed by atoms with Gasteiger partial charge in [0, 0.05) is 16.9 Å². The van der Waals surface area contributed by atoms with E-state index in [1.54, 1.807) is 13.3 Å². The molecule has 2 rings (SSSR count). The number of ether oxygens (including phenoxy) is 1. The minimum Gasteiger partial charge on any atom is -0.497 e. The number of hydrogen-bond donors (Lipinski definition) is 1. The van der Waals surface area contributed by atoms with E-state index < -0.39 is 0 Å². The van der Waals surface area contributed by atoms with E-state index >= 15 is 0 Å². The fraction of sp³-hybridized carbons (Fsp3) is 0.250. The lowest BCUT2D eigenvalue weighted by Crippen LogP contribution is -2.05. The summed E-state index contributed by atoms with van der Waals surface area (Å²) < 4.78 is 8.10. The van der Waals surface area contributed by atoms with Crippen LogP contribution in [-0.2, 0) is 13.2 Å². The highest BCUT2D eigenvalue weighted by Crippen LogP contribution is 2.23. The van der Waals surface area contributed by atoms with Crippen LogP contribution in [0.25, 0.3) is 0 Å². The topological polar surface area (TPSA) is 47.3 Å². The van der Waals surface area contributed by atoms with E-state index in [0.717, 1.165) is 15.8 Å². The van der Waals surface area contributed by atoms with Gasteiger partial charge in [0.1, 0.15) is 18.2 Å². The van der Waals surface area contributed by atoms with Gasteiger partial charge in [-0.05, 0) is 23.8 Å². The van der Waals surface area contributed by atoms with Crippen LogP contribution in [-0.4, -0.2) is 21.8 Å². The summed E-state index contributed by atoms with van der Waals surface area (Å²) in [5.41, 5.74) is 1.08. The van der Waals surface area contributed by atoms with Crippen LogP contribution in [0.15, 0.2) is 35.1 Å². The fourth-order valence-electron chi connectivity index (χ4n) is 1.62. The van der Waals surface area contributed by atoms with Crippen molar-refractivity contribution in [2.75, 3.05) is 7.11 Å². The van der Waals surface area contributed by atoms with E-state index in [-0.39, 0.29) is 6.61 Å². The van der Waals surface area contributed by atoms with E-state index in [2.05, 4.69) is 20.9 Å². The van der Waals surface area contributed by atoms with E-state index in [0.29, 0.717) is 12.4 Å². The van der Waals surface area contributed by atoms with E-state index in [1.807, 2.05) is 29.0 Å². The largest absolute Gasteiger partial charge is 0.497 e. The Balaban J connectivity index is 2.29. The van der Waals surface area contributed by atoms with Crippen LogP contribution in [0.4, 0.5) is 0 Å². The highest BCUT2D eigenvalue weighted by Gasteiger charge is 2.06. The zero-order valence-electron chi connectivity index (χ0n) is 9.43. The van der Waals surface area contributed by atoms with Gasteiger partial charge in [-0.2, -0.15) is 0 Å². The number of aliphatic hydroxyl groups excluding tert-OH is 1. The molecule has 0 saturated carbocycles. The van der Waals surface area contributed by atoms with Gasteiger partial charge < -0.3 is 14.4 Å². The molecule has 0 unspecified atom stereocenters. The Labute approximate surface area is 108 Å². The van der Waals surface area contributed by atoms with E-state index in [1.165, 1.54) is 0 Å². The molecule has 1 heterocycles. The lowest BCUT2D eigenvalue weighted by atomic mass is 10.2. The second kappa shape index (κ2) is 5.33. The molecule has 4 nitrogen and oxygen atoms in total. The van der Waals surface area contributed by atoms with Crippen LogP contribution in [0.5, 0.6) is 5.75 Å². The average Bonchev–Trinajstić information content (AvgIpc) is 2.79. The molecular weight excluding hydrogens is 284 g/mol. The normalized spacial score (nSPS) is 10.5. The molecule has 5 heteroatoms. The molecule has 0 fully saturated rings. The molecule has 0 aliphatic heterocycles. The number of methoxy groups -OCH3 is 1. The molecule has 0 radical (unpaired) electrons. The number of nitrogens with zero attached hydrogens (tertiary/aromatic N) is 2. The van der Waals surface area contributed by atoms with Gasteiger partial charge in [0.15, 0.2) is 0 Å². The number of hydrogen-bond acceptors (Lipinski definition) is 3. The van der Waals surface area contributed by atoms with Gasteiger partial charge in [-0.1, -0.05) is 15.9 Å². The molecule has 0 saturated heterocycles. The first kappa shape index (κ1) is 12.1. The maximum absolute atomic E-state index is 9.14. The van der Waals surface area contributed by atoms with Gasteiger partial charge in [-0.25, -0.2) is 4.98 Å². The Hall–Kier alpha value is -1.33. The van der Waals surface area contributed by atoms with Crippen molar-refractivity contribution in [1.29, 1.82) is 0 Å². The Kier molecular flexibility index (Phi) is 3.81. The van der Waals surface area contributed by atoms with Gasteiger partial charge in [-0.15, -0.1) is 0 Å². The van der Waals surface area contributed by atoms with Crippen LogP contribution in [0.2, 0.25) is 0 Å². The number of aliphatic hydroxyl groups is 1. The van der Waals surface area contributed by atoms with Crippen molar-refractivity contribution >= 4 is 15.9 Å². The first-order valence-corrected chi connectivity index (χ1v) is 5.97. The van der Waals surface area contributed by atoms with Crippen LogP contribution in [0.3, 0.4) is 0 Å². The maximum Gasteiger partial charge on any atom is 0.134 e. The number of benzene rings is 1. The molecule has 0 spiro atoms. The summed E-state index contributed by atoms with van der Waals surface area (Å²) in [6, 6.07) is 5.81. The lowest BCUT2D eigenvalue weighted by Gasteiger charge is -2.10. The third kappa shape index (κ3) is 2.68. The zero-order chi connectivity index (χ0) is 12.3. The zero-order valence-corrected chi connectivity index (χ0v) is 11.0. The highest BCUT2D eigenvalue weighted by molar-refractivity contribution is 9.10. The Morgan fingerprint density at radius 2 is 2.29 bits per heavy atom. The molecular formula is C12H13BrN2O2. The molecule has 0 bridgehead atoms. The van der Waals surface area contributed by atoms with Crippen molar-refractivity contribution < 1.29 is 9.84 Å². The van der Waals surface area contributed by atoms with Gasteiger partial charge in [0.2, 0.25) is 0 Å². The van der Waals surface area contributed by atoms with Crippen LogP contribution >= 0.6 is 15.9 Å². The second-order valence-electron chi connectivity index (χ2n) is 3.59. The van der Waals surface area contributed by atoms with Crippen LogP contribution < -0.4 is 4.74 Å². The van der Waals surface area contributed by atoms with Crippen molar-refractivity contribution in [3.8, 4) is 5.75 Å². The van der Waals surface area contributed by atoms with Gasteiger partial charge >= 0.3 is 0 Å². The smallest absolute Gasteiger partial charge is 0.134 e. The highest BCUT2D eigenvalue weighted by atomic mass is 79.9. The second-order valence-corrected chi connectivity index (χ2v) is 4.44. The molecule has 0 atom stereocenters. The molecule has 2 aromatic rings. The predicted molar refractivity (Wildman–Crippen MR) is 67.9 cm³/mol. The quantitative estimate of drug-likeness (QED) is 0.941. The number of imidazole rings is 1. The lowest BCUT2D eigenvalue weighted by molar-refractivity contribution is 0.266. The van der Waals surface area contributed by atoms with Crippen LogP contribution in [0.1, 0.15) is 11.4 Å². The Morgan fingerprint density at radius 3 is 3.00 bits per heavy atom. The molecule has 1 aromatic heterocycles. The molecule has 1 aromatic carbocycles. The summed E-state index contributed by atoms with van der Waals surface area (Å²) in [4.78, 5) is 4.07. The predicted octanol–water partition coefficient (Wildman–Crippen LogP) is 2.19. The molecule has 0 amide bonds. The molecule has 17 heavy (non-hydrogen) atoms. The van der Waals surface area contributed by atoms with Crippen molar-refractivity contribution in [1.82, 2.24) is 9.55 Å². The molecule has 1 N–H and O–H groups in total. The summed E-state index contributed by atoms with van der Waals surface area (Å²) in [5.74, 6) is 1.47. The van der Waals surface area contributed by atoms with Crippen LogP contribution in [0, 0.1) is 0 Å². The van der Waals surface area contributed by atoms with Crippen molar-refractivity contribution in [2.24, 2.45) is 0 Å². The van der Waals surface area contributed by atoms with Crippen molar-refractivity contribution in [2.45, 2.75) is 13.2 Å². The number of aromatic nitrogens is 2. The van der Waals surface area contributed by atoms with E-state index in [4.69, 9.17) is 9.84 Å². The number of rotatable bonds is 4. The fourth-order valence-corrected chi connectivity index (χ4v) is 1.99. The summed E-state index contributed by atoms with van der Waals surface area (Å²) in [7, 11) is 1.64. The molecule has 0 aliphatic carbocycles. The monoisotopic (exact) mass is 296 g/mol. The minimum atomic E-state index is -0.0609. The first-order valence-electron chi connectivity index (χ1n) is 5.18. The summed E-state index contributed by atoms with van der Waals surface area (Å²) in [6.45, 7) is 0.586. The van der Waals surface area contributed by atoms with Crippen molar-refractivity contribution in [3.05, 3.63) is 46.5 Å². The summed E-state index contributed by atoms with van der Waals surface area (Å²) in [5, 5.41) is 9.14. The third-order valence-corrected chi connectivity index (χ3v) is 3.31. The maximum atomic E-state index is 9.14. The minimum absolute atomic E-state index is 0.0609. The van der Waals surface area contributed by atoms with Crippen molar-refractivity contribution in [3.63, 3.8) is 0 Å². The Bertz CT molecular complexity index is 511.